The molecule has 0 bridgehead atoms. The van der Waals surface area contributed by atoms with Crippen molar-refractivity contribution in [3.63, 3.8) is 0 Å². The van der Waals surface area contributed by atoms with Crippen LogP contribution in [0.1, 0.15) is 49.1 Å². The van der Waals surface area contributed by atoms with Crippen LogP contribution < -0.4 is 10.9 Å². The van der Waals surface area contributed by atoms with E-state index in [1.165, 1.54) is 24.8 Å². The van der Waals surface area contributed by atoms with Gasteiger partial charge in [0.2, 0.25) is 5.95 Å². The summed E-state index contributed by atoms with van der Waals surface area (Å²) in [5.74, 6) is 7.94. The minimum atomic E-state index is -0.153. The third kappa shape index (κ3) is 5.00. The summed E-state index contributed by atoms with van der Waals surface area (Å²) in [6, 6.07) is 20.0. The fourth-order valence-electron chi connectivity index (χ4n) is 5.49. The molecule has 2 aromatic heterocycles. The summed E-state index contributed by atoms with van der Waals surface area (Å²) >= 11 is 0. The van der Waals surface area contributed by atoms with Crippen molar-refractivity contribution in [3.05, 3.63) is 88.3 Å². The van der Waals surface area contributed by atoms with E-state index in [1.807, 2.05) is 36.4 Å². The number of pyridine rings is 1. The molecule has 6 rings (SSSR count). The highest BCUT2D eigenvalue weighted by molar-refractivity contribution is 5.79. The van der Waals surface area contributed by atoms with Crippen LogP contribution in [0, 0.1) is 17.8 Å². The highest BCUT2D eigenvalue weighted by atomic mass is 16.1. The van der Waals surface area contributed by atoms with Crippen molar-refractivity contribution in [2.24, 2.45) is 5.92 Å². The van der Waals surface area contributed by atoms with Gasteiger partial charge in [-0.2, -0.15) is 4.98 Å². The second-order valence-corrected chi connectivity index (χ2v) is 10.3. The van der Waals surface area contributed by atoms with Gasteiger partial charge >= 0.3 is 0 Å². The molecule has 1 N–H and O–H groups in total. The molecule has 1 unspecified atom stereocenters. The van der Waals surface area contributed by atoms with Crippen LogP contribution in [-0.4, -0.2) is 39.6 Å². The summed E-state index contributed by atoms with van der Waals surface area (Å²) in [5.41, 5.74) is 3.93. The number of likely N-dealkylation sites (N-methyl/N-ethyl adjacent to an activating group) is 1. The van der Waals surface area contributed by atoms with Crippen molar-refractivity contribution in [3.8, 4) is 17.5 Å². The second-order valence-electron chi connectivity index (χ2n) is 10.3. The average Bonchev–Trinajstić information content (AvgIpc) is 3.60. The summed E-state index contributed by atoms with van der Waals surface area (Å²) in [5, 5.41) is 4.10. The third-order valence-corrected chi connectivity index (χ3v) is 7.55. The van der Waals surface area contributed by atoms with Crippen molar-refractivity contribution in [2.45, 2.75) is 38.0 Å². The molecule has 2 fully saturated rings. The van der Waals surface area contributed by atoms with Crippen LogP contribution in [-0.2, 0) is 0 Å². The Morgan fingerprint density at radius 2 is 1.78 bits per heavy atom. The normalized spacial score (nSPS) is 18.1. The van der Waals surface area contributed by atoms with E-state index in [1.54, 1.807) is 10.8 Å². The molecule has 1 aliphatic heterocycles. The van der Waals surface area contributed by atoms with Gasteiger partial charge in [-0.05, 0) is 74.7 Å². The zero-order chi connectivity index (χ0) is 25.2. The maximum absolute atomic E-state index is 13.6. The van der Waals surface area contributed by atoms with Gasteiger partial charge in [0.25, 0.3) is 5.56 Å². The Morgan fingerprint density at radius 1 is 1.00 bits per heavy atom. The van der Waals surface area contributed by atoms with Gasteiger partial charge in [-0.3, -0.25) is 9.36 Å². The molecule has 2 aliphatic rings. The van der Waals surface area contributed by atoms with Gasteiger partial charge in [-0.1, -0.05) is 55.0 Å². The van der Waals surface area contributed by atoms with Crippen molar-refractivity contribution in [2.75, 3.05) is 25.5 Å². The zero-order valence-electron chi connectivity index (χ0n) is 21.2. The maximum Gasteiger partial charge on any atom is 0.272 e. The molecule has 1 atom stereocenters. The molecule has 37 heavy (non-hydrogen) atoms. The zero-order valence-corrected chi connectivity index (χ0v) is 21.2. The Bertz CT molecular complexity index is 1530. The fraction of sp³-hybridized carbons (Fsp3) is 0.323. The van der Waals surface area contributed by atoms with Crippen LogP contribution in [0.2, 0.25) is 0 Å². The molecule has 2 aromatic carbocycles. The largest absolute Gasteiger partial charge is 0.324 e. The van der Waals surface area contributed by atoms with Crippen molar-refractivity contribution in [1.82, 2.24) is 19.4 Å². The summed E-state index contributed by atoms with van der Waals surface area (Å²) in [6.07, 6.45) is 7.63. The summed E-state index contributed by atoms with van der Waals surface area (Å²) in [7, 11) is 2.17. The molecule has 186 valence electrons. The lowest BCUT2D eigenvalue weighted by molar-refractivity contribution is 0.411. The van der Waals surface area contributed by atoms with Crippen molar-refractivity contribution < 1.29 is 0 Å². The van der Waals surface area contributed by atoms with Crippen molar-refractivity contribution >= 4 is 22.7 Å². The minimum Gasteiger partial charge on any atom is -0.324 e. The lowest BCUT2D eigenvalue weighted by Crippen LogP contribution is -2.22. The number of benzene rings is 2. The first kappa shape index (κ1) is 23.4. The maximum atomic E-state index is 13.6. The number of rotatable bonds is 4. The molecule has 1 aliphatic carbocycles. The molecule has 6 heteroatoms. The lowest BCUT2D eigenvalue weighted by atomic mass is 9.98. The lowest BCUT2D eigenvalue weighted by Gasteiger charge is -2.13. The molecule has 0 radical (unpaired) electrons. The highest BCUT2D eigenvalue weighted by Gasteiger charge is 2.21. The molecule has 0 amide bonds. The quantitative estimate of drug-likeness (QED) is 0.384. The Labute approximate surface area is 217 Å². The van der Waals surface area contributed by atoms with E-state index >= 15 is 0 Å². The Hall–Kier alpha value is -3.95. The number of hydrogen-bond donors (Lipinski definition) is 1. The molecule has 1 saturated heterocycles. The summed E-state index contributed by atoms with van der Waals surface area (Å²) in [4.78, 5) is 25.3. The highest BCUT2D eigenvalue weighted by Crippen LogP contribution is 2.28. The Balaban J connectivity index is 1.35. The molecule has 3 heterocycles. The monoisotopic (exact) mass is 489 g/mol. The molecule has 0 spiro atoms. The van der Waals surface area contributed by atoms with Crippen molar-refractivity contribution in [1.29, 1.82) is 0 Å². The van der Waals surface area contributed by atoms with Gasteiger partial charge in [0.05, 0.1) is 11.3 Å². The van der Waals surface area contributed by atoms with Crippen LogP contribution in [0.4, 0.5) is 11.6 Å². The SMILES string of the molecule is CN1CCC(c2ccc(Nc3ncc4cc(C#CC5CCCC5)c(=O)n(-c5ccccc5)c4n3)cc2)C1. The molecular formula is C31H31N5O. The van der Waals surface area contributed by atoms with Gasteiger partial charge in [-0.15, -0.1) is 0 Å². The van der Waals surface area contributed by atoms with Crippen LogP contribution in [0.25, 0.3) is 16.7 Å². The first-order chi connectivity index (χ1) is 18.1. The standard InChI is InChI=1S/C31H31N5O/c1-35-18-17-25(21-35)23-13-15-27(16-14-23)33-31-32-20-26-19-24(12-11-22-7-5-6-8-22)30(37)36(29(26)34-31)28-9-3-2-4-10-28/h2-4,9-10,13-16,19-20,22,25H,5-8,17-18,21H2,1H3,(H,32,33,34). The van der Waals surface area contributed by atoms with Gasteiger partial charge in [0.1, 0.15) is 0 Å². The molecular weight excluding hydrogens is 458 g/mol. The van der Waals surface area contributed by atoms with Gasteiger partial charge in [0.15, 0.2) is 5.65 Å². The first-order valence-electron chi connectivity index (χ1n) is 13.2. The van der Waals surface area contributed by atoms with E-state index in [9.17, 15) is 4.79 Å². The summed E-state index contributed by atoms with van der Waals surface area (Å²) < 4.78 is 1.65. The second kappa shape index (κ2) is 10.2. The number of nitrogens with zero attached hydrogens (tertiary/aromatic N) is 4. The van der Waals surface area contributed by atoms with E-state index in [4.69, 9.17) is 4.98 Å². The number of likely N-dealkylation sites (tertiary alicyclic amines) is 1. The number of aromatic nitrogens is 3. The molecule has 4 aromatic rings. The number of para-hydroxylation sites is 1. The van der Waals surface area contributed by atoms with Gasteiger partial charge in [0, 0.05) is 29.7 Å². The summed E-state index contributed by atoms with van der Waals surface area (Å²) in [6.45, 7) is 2.25. The predicted molar refractivity (Wildman–Crippen MR) is 149 cm³/mol. The van der Waals surface area contributed by atoms with E-state index in [0.29, 0.717) is 29.0 Å². The molecule has 6 nitrogen and oxygen atoms in total. The minimum absolute atomic E-state index is 0.153. The van der Waals surface area contributed by atoms with Gasteiger partial charge < -0.3 is 10.2 Å². The van der Waals surface area contributed by atoms with Crippen LogP contribution in [0.5, 0.6) is 0 Å². The number of anilines is 2. The third-order valence-electron chi connectivity index (χ3n) is 7.55. The first-order valence-corrected chi connectivity index (χ1v) is 13.2. The van der Waals surface area contributed by atoms with E-state index in [2.05, 4.69) is 58.4 Å². The fourth-order valence-corrected chi connectivity index (χ4v) is 5.49. The molecule has 1 saturated carbocycles. The van der Waals surface area contributed by atoms with Crippen LogP contribution >= 0.6 is 0 Å². The number of fused-ring (bicyclic) bond motifs is 1. The average molecular weight is 490 g/mol. The van der Waals surface area contributed by atoms with Crippen LogP contribution in [0.15, 0.2) is 71.7 Å². The predicted octanol–water partition coefficient (Wildman–Crippen LogP) is 5.49. The van der Waals surface area contributed by atoms with Gasteiger partial charge in [-0.25, -0.2) is 4.98 Å². The van der Waals surface area contributed by atoms with E-state index in [0.717, 1.165) is 42.7 Å². The topological polar surface area (TPSA) is 63.1 Å². The Kier molecular flexibility index (Phi) is 6.46. The smallest absolute Gasteiger partial charge is 0.272 e. The number of nitrogens with one attached hydrogen (secondary N) is 1. The van der Waals surface area contributed by atoms with Crippen LogP contribution in [0.3, 0.4) is 0 Å². The van der Waals surface area contributed by atoms with E-state index < -0.39 is 0 Å². The number of hydrogen-bond acceptors (Lipinski definition) is 5. The van der Waals surface area contributed by atoms with E-state index in [-0.39, 0.29) is 5.56 Å². The Morgan fingerprint density at radius 3 is 2.51 bits per heavy atom.